The van der Waals surface area contributed by atoms with E-state index >= 15 is 0 Å². The fourth-order valence-electron chi connectivity index (χ4n) is 2.52. The summed E-state index contributed by atoms with van der Waals surface area (Å²) in [5, 5.41) is 17.7. The van der Waals surface area contributed by atoms with Crippen molar-refractivity contribution in [2.75, 3.05) is 6.61 Å². The molecule has 3 heteroatoms. The minimum Gasteiger partial charge on any atom is -0.481 e. The molecular formula is C17H34O3. The SMILES string of the molecule is CCCCCCCCCCCCCCC(CO)C(=O)O. The van der Waals surface area contributed by atoms with E-state index in [0.29, 0.717) is 6.42 Å². The van der Waals surface area contributed by atoms with Gasteiger partial charge < -0.3 is 10.2 Å². The number of unbranched alkanes of at least 4 members (excludes halogenated alkanes) is 11. The Morgan fingerprint density at radius 2 is 1.20 bits per heavy atom. The minimum absolute atomic E-state index is 0.229. The zero-order valence-corrected chi connectivity index (χ0v) is 13.3. The Hall–Kier alpha value is -0.570. The highest BCUT2D eigenvalue weighted by Crippen LogP contribution is 2.14. The first-order valence-electron chi connectivity index (χ1n) is 8.56. The van der Waals surface area contributed by atoms with Crippen LogP contribution in [0.15, 0.2) is 0 Å². The van der Waals surface area contributed by atoms with Crippen LogP contribution in [0.3, 0.4) is 0 Å². The smallest absolute Gasteiger partial charge is 0.308 e. The zero-order chi connectivity index (χ0) is 15.1. The second kappa shape index (κ2) is 14.8. The summed E-state index contributed by atoms with van der Waals surface area (Å²) in [6.45, 7) is 2.02. The average Bonchev–Trinajstić information content (AvgIpc) is 2.43. The van der Waals surface area contributed by atoms with Gasteiger partial charge in [0, 0.05) is 0 Å². The lowest BCUT2D eigenvalue weighted by molar-refractivity contribution is -0.143. The Morgan fingerprint density at radius 3 is 1.55 bits per heavy atom. The number of aliphatic hydroxyl groups excluding tert-OH is 1. The molecule has 0 aliphatic heterocycles. The molecule has 0 saturated carbocycles. The summed E-state index contributed by atoms with van der Waals surface area (Å²) in [6, 6.07) is 0. The van der Waals surface area contributed by atoms with E-state index in [1.165, 1.54) is 64.2 Å². The van der Waals surface area contributed by atoms with Gasteiger partial charge in [-0.05, 0) is 6.42 Å². The van der Waals surface area contributed by atoms with E-state index in [1.807, 2.05) is 0 Å². The molecule has 1 unspecified atom stereocenters. The first kappa shape index (κ1) is 19.4. The summed E-state index contributed by atoms with van der Waals surface area (Å²) in [5.41, 5.74) is 0. The third-order valence-corrected chi connectivity index (χ3v) is 3.98. The second-order valence-corrected chi connectivity index (χ2v) is 5.90. The van der Waals surface area contributed by atoms with Crippen molar-refractivity contribution < 1.29 is 15.0 Å². The van der Waals surface area contributed by atoms with Crippen LogP contribution in [-0.2, 0) is 4.79 Å². The number of hydrogen-bond acceptors (Lipinski definition) is 2. The molecule has 0 rings (SSSR count). The number of carboxylic acids is 1. The Balaban J connectivity index is 3.15. The van der Waals surface area contributed by atoms with Gasteiger partial charge in [-0.15, -0.1) is 0 Å². The second-order valence-electron chi connectivity index (χ2n) is 5.90. The van der Waals surface area contributed by atoms with Crippen molar-refractivity contribution in [1.82, 2.24) is 0 Å². The number of carboxylic acid groups (broad SMARTS) is 1. The molecule has 0 amide bonds. The van der Waals surface area contributed by atoms with Gasteiger partial charge in [0.15, 0.2) is 0 Å². The van der Waals surface area contributed by atoms with E-state index in [9.17, 15) is 4.79 Å². The van der Waals surface area contributed by atoms with Gasteiger partial charge in [0.2, 0.25) is 0 Å². The van der Waals surface area contributed by atoms with Gasteiger partial charge in [0.25, 0.3) is 0 Å². The molecule has 2 N–H and O–H groups in total. The molecule has 1 atom stereocenters. The van der Waals surface area contributed by atoms with E-state index in [4.69, 9.17) is 10.2 Å². The Morgan fingerprint density at radius 1 is 0.800 bits per heavy atom. The molecular weight excluding hydrogens is 252 g/mol. The van der Waals surface area contributed by atoms with Gasteiger partial charge in [-0.1, -0.05) is 84.0 Å². The highest BCUT2D eigenvalue weighted by atomic mass is 16.4. The summed E-state index contributed by atoms with van der Waals surface area (Å²) in [7, 11) is 0. The lowest BCUT2D eigenvalue weighted by Gasteiger charge is -2.08. The summed E-state index contributed by atoms with van der Waals surface area (Å²) in [5.74, 6) is -1.42. The van der Waals surface area contributed by atoms with Crippen molar-refractivity contribution in [3.8, 4) is 0 Å². The minimum atomic E-state index is -0.865. The number of carbonyl (C=O) groups is 1. The highest BCUT2D eigenvalue weighted by molar-refractivity contribution is 5.69. The van der Waals surface area contributed by atoms with Crippen molar-refractivity contribution in [3.63, 3.8) is 0 Å². The maximum absolute atomic E-state index is 10.7. The van der Waals surface area contributed by atoms with Gasteiger partial charge in [-0.25, -0.2) is 0 Å². The van der Waals surface area contributed by atoms with Crippen LogP contribution in [0.4, 0.5) is 0 Å². The first-order chi connectivity index (χ1) is 9.72. The first-order valence-corrected chi connectivity index (χ1v) is 8.56. The lowest BCUT2D eigenvalue weighted by Crippen LogP contribution is -2.17. The van der Waals surface area contributed by atoms with Crippen LogP contribution in [-0.4, -0.2) is 22.8 Å². The summed E-state index contributed by atoms with van der Waals surface area (Å²) >= 11 is 0. The van der Waals surface area contributed by atoms with Crippen LogP contribution >= 0.6 is 0 Å². The third kappa shape index (κ3) is 12.5. The fourth-order valence-corrected chi connectivity index (χ4v) is 2.52. The molecule has 3 nitrogen and oxygen atoms in total. The average molecular weight is 286 g/mol. The van der Waals surface area contributed by atoms with Gasteiger partial charge >= 0.3 is 5.97 Å². The van der Waals surface area contributed by atoms with Crippen molar-refractivity contribution in [1.29, 1.82) is 0 Å². The standard InChI is InChI=1S/C17H34O3/c1-2-3-4-5-6-7-8-9-10-11-12-13-14-16(15-18)17(19)20/h16,18H,2-15H2,1H3,(H,19,20). The molecule has 0 saturated heterocycles. The van der Waals surface area contributed by atoms with Crippen molar-refractivity contribution >= 4 is 5.97 Å². The topological polar surface area (TPSA) is 57.5 Å². The van der Waals surface area contributed by atoms with Crippen LogP contribution in [0.1, 0.15) is 90.4 Å². The summed E-state index contributed by atoms with van der Waals surface area (Å²) in [4.78, 5) is 10.7. The predicted molar refractivity (Wildman–Crippen MR) is 83.9 cm³/mol. The molecule has 20 heavy (non-hydrogen) atoms. The molecule has 0 aliphatic carbocycles. The maximum atomic E-state index is 10.7. The molecule has 0 bridgehead atoms. The highest BCUT2D eigenvalue weighted by Gasteiger charge is 2.14. The lowest BCUT2D eigenvalue weighted by atomic mass is 10.0. The Labute approximate surface area is 124 Å². The van der Waals surface area contributed by atoms with E-state index in [2.05, 4.69) is 6.92 Å². The molecule has 0 heterocycles. The fraction of sp³-hybridized carbons (Fsp3) is 0.941. The largest absolute Gasteiger partial charge is 0.481 e. The molecule has 0 aliphatic rings. The summed E-state index contributed by atoms with van der Waals surface area (Å²) in [6.07, 6.45) is 16.0. The van der Waals surface area contributed by atoms with Crippen molar-refractivity contribution in [2.24, 2.45) is 5.92 Å². The van der Waals surface area contributed by atoms with E-state index in [-0.39, 0.29) is 6.61 Å². The van der Waals surface area contributed by atoms with Crippen LogP contribution in [0.2, 0.25) is 0 Å². The predicted octanol–water partition coefficient (Wildman–Crippen LogP) is 4.77. The maximum Gasteiger partial charge on any atom is 0.308 e. The Kier molecular flexibility index (Phi) is 14.4. The van der Waals surface area contributed by atoms with Crippen LogP contribution < -0.4 is 0 Å². The number of aliphatic carboxylic acids is 1. The number of aliphatic hydroxyl groups is 1. The van der Waals surface area contributed by atoms with Crippen LogP contribution in [0.25, 0.3) is 0 Å². The van der Waals surface area contributed by atoms with Gasteiger partial charge in [-0.3, -0.25) is 4.79 Å². The molecule has 0 aromatic carbocycles. The third-order valence-electron chi connectivity index (χ3n) is 3.98. The number of hydrogen-bond donors (Lipinski definition) is 2. The quantitative estimate of drug-likeness (QED) is 0.426. The van der Waals surface area contributed by atoms with E-state index in [1.54, 1.807) is 0 Å². The molecule has 120 valence electrons. The summed E-state index contributed by atoms with van der Waals surface area (Å²) < 4.78 is 0. The molecule has 0 spiro atoms. The van der Waals surface area contributed by atoms with Crippen molar-refractivity contribution in [3.05, 3.63) is 0 Å². The van der Waals surface area contributed by atoms with Crippen LogP contribution in [0.5, 0.6) is 0 Å². The molecule has 0 radical (unpaired) electrons. The molecule has 0 aromatic rings. The Bertz CT molecular complexity index is 216. The van der Waals surface area contributed by atoms with Gasteiger partial charge in [-0.2, -0.15) is 0 Å². The van der Waals surface area contributed by atoms with Crippen molar-refractivity contribution in [2.45, 2.75) is 90.4 Å². The van der Waals surface area contributed by atoms with Gasteiger partial charge in [0.1, 0.15) is 0 Å². The monoisotopic (exact) mass is 286 g/mol. The molecule has 0 fully saturated rings. The zero-order valence-electron chi connectivity index (χ0n) is 13.3. The number of rotatable bonds is 15. The van der Waals surface area contributed by atoms with Gasteiger partial charge in [0.05, 0.1) is 12.5 Å². The molecule has 0 aromatic heterocycles. The van der Waals surface area contributed by atoms with E-state index in [0.717, 1.165) is 12.8 Å². The van der Waals surface area contributed by atoms with Crippen LogP contribution in [0, 0.1) is 5.92 Å². The van der Waals surface area contributed by atoms with E-state index < -0.39 is 11.9 Å². The normalized spacial score (nSPS) is 12.5.